The number of aliphatic hydroxyl groups excluding tert-OH is 1. The largest absolute Gasteiger partial charge is 0.416 e. The molecule has 1 unspecified atom stereocenters. The number of aryl methyl sites for hydroxylation is 1. The van der Waals surface area contributed by atoms with Gasteiger partial charge in [0.15, 0.2) is 0 Å². The second-order valence-electron chi connectivity index (χ2n) is 3.90. The van der Waals surface area contributed by atoms with Crippen LogP contribution in [0, 0.1) is 0 Å². The highest BCUT2D eigenvalue weighted by atomic mass is 19.4. The number of benzene rings is 1. The zero-order valence-electron chi connectivity index (χ0n) is 9.52. The molecule has 0 spiro atoms. The average molecular weight is 256 g/mol. The van der Waals surface area contributed by atoms with Crippen LogP contribution in [0.5, 0.6) is 0 Å². The number of hydrogen-bond donors (Lipinski definition) is 1. The lowest BCUT2D eigenvalue weighted by Gasteiger charge is -2.13. The summed E-state index contributed by atoms with van der Waals surface area (Å²) in [5.74, 6) is 0. The number of hydrogen-bond acceptors (Lipinski definition) is 2. The third-order valence-electron chi connectivity index (χ3n) is 2.69. The van der Waals surface area contributed by atoms with Crippen molar-refractivity contribution >= 4 is 0 Å². The van der Waals surface area contributed by atoms with Gasteiger partial charge in [-0.2, -0.15) is 18.3 Å². The van der Waals surface area contributed by atoms with E-state index in [9.17, 15) is 18.3 Å². The molecule has 2 rings (SSSR count). The van der Waals surface area contributed by atoms with Crippen molar-refractivity contribution in [3.05, 3.63) is 53.3 Å². The van der Waals surface area contributed by atoms with E-state index in [-0.39, 0.29) is 0 Å². The van der Waals surface area contributed by atoms with E-state index in [4.69, 9.17) is 0 Å². The topological polar surface area (TPSA) is 38.0 Å². The third kappa shape index (κ3) is 2.38. The Kier molecular flexibility index (Phi) is 3.13. The molecule has 0 bridgehead atoms. The van der Waals surface area contributed by atoms with Gasteiger partial charge < -0.3 is 5.11 Å². The van der Waals surface area contributed by atoms with Gasteiger partial charge in [-0.25, -0.2) is 0 Å². The van der Waals surface area contributed by atoms with Crippen molar-refractivity contribution in [1.29, 1.82) is 0 Å². The minimum Gasteiger partial charge on any atom is -0.382 e. The summed E-state index contributed by atoms with van der Waals surface area (Å²) in [6.45, 7) is 0. The van der Waals surface area contributed by atoms with Crippen LogP contribution in [0.25, 0.3) is 0 Å². The smallest absolute Gasteiger partial charge is 0.382 e. The number of aromatic nitrogens is 2. The highest BCUT2D eigenvalue weighted by molar-refractivity contribution is 5.30. The van der Waals surface area contributed by atoms with Crippen molar-refractivity contribution in [3.63, 3.8) is 0 Å². The number of rotatable bonds is 2. The molecule has 0 saturated heterocycles. The summed E-state index contributed by atoms with van der Waals surface area (Å²) >= 11 is 0. The van der Waals surface area contributed by atoms with Gasteiger partial charge in [-0.15, -0.1) is 0 Å². The van der Waals surface area contributed by atoms with E-state index in [1.165, 1.54) is 23.0 Å². The number of nitrogens with zero attached hydrogens (tertiary/aromatic N) is 2. The van der Waals surface area contributed by atoms with E-state index in [0.717, 1.165) is 12.1 Å². The van der Waals surface area contributed by atoms with Crippen LogP contribution in [0.1, 0.15) is 22.9 Å². The van der Waals surface area contributed by atoms with Gasteiger partial charge in [0.2, 0.25) is 0 Å². The monoisotopic (exact) mass is 256 g/mol. The first-order valence-corrected chi connectivity index (χ1v) is 5.22. The van der Waals surface area contributed by atoms with Crippen LogP contribution in [-0.2, 0) is 13.2 Å². The van der Waals surface area contributed by atoms with Crippen LogP contribution in [0.15, 0.2) is 36.5 Å². The highest BCUT2D eigenvalue weighted by Crippen LogP contribution is 2.30. The molecule has 1 heterocycles. The molecule has 0 aliphatic carbocycles. The van der Waals surface area contributed by atoms with Gasteiger partial charge in [0.05, 0.1) is 11.3 Å². The first kappa shape index (κ1) is 12.6. The van der Waals surface area contributed by atoms with Crippen LogP contribution in [0.3, 0.4) is 0 Å². The van der Waals surface area contributed by atoms with E-state index >= 15 is 0 Å². The van der Waals surface area contributed by atoms with E-state index in [0.29, 0.717) is 11.3 Å². The van der Waals surface area contributed by atoms with Crippen molar-refractivity contribution < 1.29 is 18.3 Å². The molecule has 0 amide bonds. The van der Waals surface area contributed by atoms with E-state index in [2.05, 4.69) is 5.10 Å². The first-order valence-electron chi connectivity index (χ1n) is 5.22. The van der Waals surface area contributed by atoms with Crippen LogP contribution in [-0.4, -0.2) is 14.9 Å². The van der Waals surface area contributed by atoms with Crippen molar-refractivity contribution in [2.75, 3.05) is 0 Å². The summed E-state index contributed by atoms with van der Waals surface area (Å²) in [7, 11) is 1.66. The second-order valence-corrected chi connectivity index (χ2v) is 3.90. The molecule has 0 saturated carbocycles. The van der Waals surface area contributed by atoms with Gasteiger partial charge in [0.25, 0.3) is 0 Å². The molecule has 0 fully saturated rings. The molecule has 0 aliphatic heterocycles. The molecule has 3 nitrogen and oxygen atoms in total. The van der Waals surface area contributed by atoms with Gasteiger partial charge in [-0.3, -0.25) is 4.68 Å². The Morgan fingerprint density at radius 3 is 2.22 bits per heavy atom. The van der Waals surface area contributed by atoms with Gasteiger partial charge in [0.1, 0.15) is 6.10 Å². The van der Waals surface area contributed by atoms with Gasteiger partial charge >= 0.3 is 6.18 Å². The summed E-state index contributed by atoms with van der Waals surface area (Å²) in [4.78, 5) is 0. The third-order valence-corrected chi connectivity index (χ3v) is 2.69. The molecule has 2 aromatic rings. The Balaban J connectivity index is 2.28. The summed E-state index contributed by atoms with van der Waals surface area (Å²) < 4.78 is 38.6. The normalized spacial score (nSPS) is 13.6. The number of aliphatic hydroxyl groups is 1. The average Bonchev–Trinajstić information content (AvgIpc) is 2.73. The molecule has 18 heavy (non-hydrogen) atoms. The Labute approximate surface area is 101 Å². The first-order chi connectivity index (χ1) is 8.39. The second kappa shape index (κ2) is 4.45. The van der Waals surface area contributed by atoms with Crippen LogP contribution in [0.2, 0.25) is 0 Å². The fraction of sp³-hybridized carbons (Fsp3) is 0.250. The molecular formula is C12H11F3N2O. The highest BCUT2D eigenvalue weighted by Gasteiger charge is 2.30. The summed E-state index contributed by atoms with van der Waals surface area (Å²) in [6, 6.07) is 6.05. The van der Waals surface area contributed by atoms with Gasteiger partial charge in [-0.1, -0.05) is 12.1 Å². The Morgan fingerprint density at radius 2 is 1.78 bits per heavy atom. The molecule has 1 N–H and O–H groups in total. The molecule has 96 valence electrons. The Hall–Kier alpha value is -1.82. The molecule has 1 aromatic carbocycles. The number of halogens is 3. The molecule has 0 aliphatic rings. The molecule has 1 aromatic heterocycles. The van der Waals surface area contributed by atoms with Crippen molar-refractivity contribution in [2.24, 2.45) is 7.05 Å². The molecule has 0 radical (unpaired) electrons. The van der Waals surface area contributed by atoms with E-state index in [1.807, 2.05) is 0 Å². The van der Waals surface area contributed by atoms with E-state index in [1.54, 1.807) is 13.1 Å². The Morgan fingerprint density at radius 1 is 1.17 bits per heavy atom. The molecular weight excluding hydrogens is 245 g/mol. The Bertz CT molecular complexity index is 531. The van der Waals surface area contributed by atoms with E-state index < -0.39 is 17.8 Å². The lowest BCUT2D eigenvalue weighted by Crippen LogP contribution is -2.08. The molecule has 1 atom stereocenters. The summed E-state index contributed by atoms with van der Waals surface area (Å²) in [6.07, 6.45) is -3.83. The number of alkyl halides is 3. The maximum Gasteiger partial charge on any atom is 0.416 e. The lowest BCUT2D eigenvalue weighted by molar-refractivity contribution is -0.137. The minimum atomic E-state index is -4.37. The summed E-state index contributed by atoms with van der Waals surface area (Å²) in [5, 5.41) is 13.9. The minimum absolute atomic E-state index is 0.395. The predicted molar refractivity (Wildman–Crippen MR) is 58.7 cm³/mol. The lowest BCUT2D eigenvalue weighted by atomic mass is 10.0. The SMILES string of the molecule is Cn1nccc1C(O)c1ccc(C(F)(F)F)cc1. The zero-order valence-corrected chi connectivity index (χ0v) is 9.52. The van der Waals surface area contributed by atoms with Gasteiger partial charge in [-0.05, 0) is 23.8 Å². The fourth-order valence-corrected chi connectivity index (χ4v) is 1.68. The van der Waals surface area contributed by atoms with Gasteiger partial charge in [0, 0.05) is 13.2 Å². The van der Waals surface area contributed by atoms with Crippen LogP contribution in [0.4, 0.5) is 13.2 Å². The standard InChI is InChI=1S/C12H11F3N2O/c1-17-10(6-7-16-17)11(18)8-2-4-9(5-3-8)12(13,14)15/h2-7,11,18H,1H3. The van der Waals surface area contributed by atoms with Crippen LogP contribution >= 0.6 is 0 Å². The fourth-order valence-electron chi connectivity index (χ4n) is 1.68. The van der Waals surface area contributed by atoms with Crippen molar-refractivity contribution in [1.82, 2.24) is 9.78 Å². The quantitative estimate of drug-likeness (QED) is 0.896. The van der Waals surface area contributed by atoms with Crippen molar-refractivity contribution in [3.8, 4) is 0 Å². The maximum atomic E-state index is 12.4. The predicted octanol–water partition coefficient (Wildman–Crippen LogP) is 2.52. The zero-order chi connectivity index (χ0) is 13.3. The molecule has 6 heteroatoms. The maximum absolute atomic E-state index is 12.4. The van der Waals surface area contributed by atoms with Crippen molar-refractivity contribution in [2.45, 2.75) is 12.3 Å². The van der Waals surface area contributed by atoms with Crippen LogP contribution < -0.4 is 0 Å². The summed E-state index contributed by atoms with van der Waals surface area (Å²) in [5.41, 5.74) is 0.185.